The Labute approximate surface area is 120 Å². The third kappa shape index (κ3) is 3.79. The van der Waals surface area contributed by atoms with Crippen molar-refractivity contribution < 1.29 is 9.15 Å². The summed E-state index contributed by atoms with van der Waals surface area (Å²) in [5, 5.41) is 3.19. The van der Waals surface area contributed by atoms with Crippen molar-refractivity contribution >= 4 is 22.6 Å². The van der Waals surface area contributed by atoms with Crippen molar-refractivity contribution in [2.75, 3.05) is 20.3 Å². The molecule has 18 heavy (non-hydrogen) atoms. The quantitative estimate of drug-likeness (QED) is 0.637. The second-order valence-electron chi connectivity index (χ2n) is 3.79. The minimum Gasteiger partial charge on any atom is -0.439 e. The molecule has 0 radical (unpaired) electrons. The van der Waals surface area contributed by atoms with Crippen LogP contribution in [0.2, 0.25) is 0 Å². The van der Waals surface area contributed by atoms with E-state index in [4.69, 9.17) is 9.15 Å². The zero-order chi connectivity index (χ0) is 12.8. The molecule has 0 atom stereocenters. The highest BCUT2D eigenvalue weighted by Gasteiger charge is 2.05. The summed E-state index contributed by atoms with van der Waals surface area (Å²) in [6.45, 7) is 2.09. The van der Waals surface area contributed by atoms with Crippen molar-refractivity contribution in [2.45, 2.75) is 6.54 Å². The first-order valence-electron chi connectivity index (χ1n) is 5.70. The topological polar surface area (TPSA) is 47.3 Å². The average molecular weight is 358 g/mol. The maximum atomic E-state index is 5.67. The van der Waals surface area contributed by atoms with Crippen molar-refractivity contribution in [3.05, 3.63) is 39.9 Å². The SMILES string of the molecule is COCCNCc1ncc(-c2ccc(I)cc2)o1. The van der Waals surface area contributed by atoms with E-state index in [1.165, 1.54) is 3.57 Å². The molecule has 2 aromatic rings. The van der Waals surface area contributed by atoms with Gasteiger partial charge in [0.05, 0.1) is 19.3 Å². The van der Waals surface area contributed by atoms with Gasteiger partial charge in [-0.1, -0.05) is 12.1 Å². The maximum absolute atomic E-state index is 5.67. The van der Waals surface area contributed by atoms with E-state index in [1.54, 1.807) is 13.3 Å². The number of nitrogens with zero attached hydrogens (tertiary/aromatic N) is 1. The number of methoxy groups -OCH3 is 1. The Morgan fingerprint density at radius 1 is 1.33 bits per heavy atom. The normalized spacial score (nSPS) is 10.8. The lowest BCUT2D eigenvalue weighted by Gasteiger charge is -2.00. The molecule has 0 aliphatic carbocycles. The van der Waals surface area contributed by atoms with E-state index in [0.29, 0.717) is 19.0 Å². The van der Waals surface area contributed by atoms with Crippen molar-refractivity contribution in [1.82, 2.24) is 10.3 Å². The van der Waals surface area contributed by atoms with Crippen LogP contribution in [0.5, 0.6) is 0 Å². The number of halogens is 1. The van der Waals surface area contributed by atoms with Crippen molar-refractivity contribution in [3.63, 3.8) is 0 Å². The van der Waals surface area contributed by atoms with E-state index in [-0.39, 0.29) is 0 Å². The Morgan fingerprint density at radius 3 is 2.83 bits per heavy atom. The molecule has 1 N–H and O–H groups in total. The van der Waals surface area contributed by atoms with Gasteiger partial charge < -0.3 is 14.5 Å². The molecular weight excluding hydrogens is 343 g/mol. The maximum Gasteiger partial charge on any atom is 0.208 e. The number of ether oxygens (including phenoxy) is 1. The number of hydrogen-bond acceptors (Lipinski definition) is 4. The predicted octanol–water partition coefficient (Wildman–Crippen LogP) is 2.68. The van der Waals surface area contributed by atoms with Gasteiger partial charge in [0, 0.05) is 22.8 Å². The van der Waals surface area contributed by atoms with E-state index in [2.05, 4.69) is 45.0 Å². The molecule has 2 rings (SSSR count). The van der Waals surface area contributed by atoms with Gasteiger partial charge in [-0.25, -0.2) is 4.98 Å². The number of benzene rings is 1. The summed E-state index contributed by atoms with van der Waals surface area (Å²) in [5.41, 5.74) is 1.05. The zero-order valence-corrected chi connectivity index (χ0v) is 12.3. The average Bonchev–Trinajstić information content (AvgIpc) is 2.84. The Bertz CT molecular complexity index is 482. The van der Waals surface area contributed by atoms with E-state index < -0.39 is 0 Å². The van der Waals surface area contributed by atoms with E-state index in [1.807, 2.05) is 12.1 Å². The second-order valence-corrected chi connectivity index (χ2v) is 5.04. The fourth-order valence-electron chi connectivity index (χ4n) is 1.51. The van der Waals surface area contributed by atoms with Crippen LogP contribution in [0, 0.1) is 3.57 Å². The fraction of sp³-hybridized carbons (Fsp3) is 0.308. The molecule has 0 fully saturated rings. The Morgan fingerprint density at radius 2 is 2.11 bits per heavy atom. The van der Waals surface area contributed by atoms with Crippen molar-refractivity contribution in [1.29, 1.82) is 0 Å². The molecule has 0 spiro atoms. The Kier molecular flexibility index (Phi) is 5.15. The van der Waals surface area contributed by atoms with Crippen LogP contribution < -0.4 is 5.32 Å². The lowest BCUT2D eigenvalue weighted by atomic mass is 10.2. The predicted molar refractivity (Wildman–Crippen MR) is 78.2 cm³/mol. The number of nitrogens with one attached hydrogen (secondary N) is 1. The fourth-order valence-corrected chi connectivity index (χ4v) is 1.87. The number of rotatable bonds is 6. The molecule has 96 valence electrons. The van der Waals surface area contributed by atoms with E-state index in [0.717, 1.165) is 17.9 Å². The molecule has 0 aliphatic rings. The summed E-state index contributed by atoms with van der Waals surface area (Å²) < 4.78 is 11.8. The third-order valence-corrected chi connectivity index (χ3v) is 3.16. The molecule has 0 saturated heterocycles. The van der Waals surface area contributed by atoms with Crippen molar-refractivity contribution in [3.8, 4) is 11.3 Å². The first-order chi connectivity index (χ1) is 8.79. The standard InChI is InChI=1S/C13H15IN2O2/c1-17-7-6-15-9-13-16-8-12(18-13)10-2-4-11(14)5-3-10/h2-5,8,15H,6-7,9H2,1H3. The van der Waals surface area contributed by atoms with Gasteiger partial charge in [0.15, 0.2) is 5.76 Å². The van der Waals surface area contributed by atoms with Gasteiger partial charge in [0.25, 0.3) is 0 Å². The van der Waals surface area contributed by atoms with Gasteiger partial charge in [-0.05, 0) is 34.7 Å². The minimum absolute atomic E-state index is 0.619. The Hall–Kier alpha value is -0.920. The molecule has 0 saturated carbocycles. The summed E-state index contributed by atoms with van der Waals surface area (Å²) in [6.07, 6.45) is 1.76. The largest absolute Gasteiger partial charge is 0.439 e. The Balaban J connectivity index is 1.95. The van der Waals surface area contributed by atoms with Crippen LogP contribution in [0.3, 0.4) is 0 Å². The molecule has 4 nitrogen and oxygen atoms in total. The van der Waals surface area contributed by atoms with Gasteiger partial charge in [-0.3, -0.25) is 0 Å². The molecule has 1 heterocycles. The van der Waals surface area contributed by atoms with Gasteiger partial charge in [0.1, 0.15) is 0 Å². The lowest BCUT2D eigenvalue weighted by Crippen LogP contribution is -2.18. The smallest absolute Gasteiger partial charge is 0.208 e. The second kappa shape index (κ2) is 6.86. The lowest BCUT2D eigenvalue weighted by molar-refractivity contribution is 0.198. The van der Waals surface area contributed by atoms with Crippen LogP contribution >= 0.6 is 22.6 Å². The van der Waals surface area contributed by atoms with Crippen LogP contribution in [-0.2, 0) is 11.3 Å². The summed E-state index contributed by atoms with van der Waals surface area (Å²) in [7, 11) is 1.68. The van der Waals surface area contributed by atoms with E-state index >= 15 is 0 Å². The van der Waals surface area contributed by atoms with Gasteiger partial charge in [-0.2, -0.15) is 0 Å². The van der Waals surface area contributed by atoms with E-state index in [9.17, 15) is 0 Å². The highest BCUT2D eigenvalue weighted by Crippen LogP contribution is 2.21. The van der Waals surface area contributed by atoms with Crippen LogP contribution in [0.25, 0.3) is 11.3 Å². The monoisotopic (exact) mass is 358 g/mol. The summed E-state index contributed by atoms with van der Waals surface area (Å²) in [6, 6.07) is 8.17. The van der Waals surface area contributed by atoms with Crippen LogP contribution in [0.15, 0.2) is 34.9 Å². The molecular formula is C13H15IN2O2. The van der Waals surface area contributed by atoms with Crippen LogP contribution in [0.4, 0.5) is 0 Å². The molecule has 0 bridgehead atoms. The van der Waals surface area contributed by atoms with Gasteiger partial charge >= 0.3 is 0 Å². The molecule has 1 aromatic heterocycles. The first-order valence-corrected chi connectivity index (χ1v) is 6.78. The molecule has 0 amide bonds. The van der Waals surface area contributed by atoms with Crippen LogP contribution in [0.1, 0.15) is 5.89 Å². The van der Waals surface area contributed by atoms with Gasteiger partial charge in [0.2, 0.25) is 5.89 Å². The number of aromatic nitrogens is 1. The third-order valence-electron chi connectivity index (χ3n) is 2.44. The molecule has 0 aliphatic heterocycles. The molecule has 5 heteroatoms. The number of oxazole rings is 1. The highest BCUT2D eigenvalue weighted by atomic mass is 127. The summed E-state index contributed by atoms with van der Waals surface area (Å²) >= 11 is 2.28. The molecule has 0 unspecified atom stereocenters. The van der Waals surface area contributed by atoms with Crippen molar-refractivity contribution in [2.24, 2.45) is 0 Å². The highest BCUT2D eigenvalue weighted by molar-refractivity contribution is 14.1. The first kappa shape index (κ1) is 13.5. The summed E-state index contributed by atoms with van der Waals surface area (Å²) in [5.74, 6) is 1.49. The minimum atomic E-state index is 0.619. The zero-order valence-electron chi connectivity index (χ0n) is 10.1. The number of hydrogen-bond donors (Lipinski definition) is 1. The molecule has 1 aromatic carbocycles. The summed E-state index contributed by atoms with van der Waals surface area (Å²) in [4.78, 5) is 4.24. The van der Waals surface area contributed by atoms with Crippen LogP contribution in [-0.4, -0.2) is 25.2 Å². The van der Waals surface area contributed by atoms with Gasteiger partial charge in [-0.15, -0.1) is 0 Å².